The van der Waals surface area contributed by atoms with Gasteiger partial charge < -0.3 is 9.97 Å². The predicted octanol–water partition coefficient (Wildman–Crippen LogP) is 9.39. The van der Waals surface area contributed by atoms with Crippen LogP contribution in [0, 0.1) is 0 Å². The molecule has 14 aliphatic heterocycles. The second kappa shape index (κ2) is 17.3. The Balaban J connectivity index is 0.000000125. The Bertz CT molecular complexity index is 5490. The maximum Gasteiger partial charge on any atom is 2.00 e. The molecule has 0 radical (unpaired) electrons. The van der Waals surface area contributed by atoms with Crippen molar-refractivity contribution >= 4 is 91.0 Å². The van der Waals surface area contributed by atoms with E-state index in [1.54, 1.807) is 0 Å². The molecule has 2 atom stereocenters. The molecule has 2 unspecified atom stereocenters. The summed E-state index contributed by atoms with van der Waals surface area (Å²) in [5.41, 5.74) is 35.7. The Morgan fingerprint density at radius 1 is 0.363 bits per heavy atom. The summed E-state index contributed by atoms with van der Waals surface area (Å²) in [4.78, 5) is 18.5. The van der Waals surface area contributed by atoms with Gasteiger partial charge in [0.1, 0.15) is 0 Å². The second-order valence-electron chi connectivity index (χ2n) is 25.2. The van der Waals surface area contributed by atoms with Crippen LogP contribution in [0.3, 0.4) is 0 Å². The molecule has 6 aromatic heterocycles. The Labute approximate surface area is 535 Å². The van der Waals surface area contributed by atoms with Gasteiger partial charge in [0.25, 0.3) is 0 Å². The number of hydrogen-bond donors (Lipinski definition) is 0. The first-order valence-corrected chi connectivity index (χ1v) is 31.0. The fourth-order valence-corrected chi connectivity index (χ4v) is 17.5. The van der Waals surface area contributed by atoms with Crippen LogP contribution in [0.1, 0.15) is 98.0 Å². The van der Waals surface area contributed by atoms with Gasteiger partial charge in [-0.15, -0.1) is 11.4 Å². The van der Waals surface area contributed by atoms with Crippen LogP contribution in [0.2, 0.25) is 0 Å². The van der Waals surface area contributed by atoms with Crippen molar-refractivity contribution in [2.75, 3.05) is 0 Å². The quantitative estimate of drug-likeness (QED) is 0.123. The maximum atomic E-state index is 4.63. The monoisotopic (exact) mass is 1220 g/mol. The van der Waals surface area contributed by atoms with Gasteiger partial charge in [0.2, 0.25) is 45.6 Å². The van der Waals surface area contributed by atoms with Crippen molar-refractivity contribution in [1.29, 1.82) is 0 Å². The number of hydrogen-bond acceptors (Lipinski definition) is 2. The molecule has 13 heteroatoms. The van der Waals surface area contributed by atoms with Crippen molar-refractivity contribution in [3.05, 3.63) is 319 Å². The molecule has 22 rings (SSSR count). The second-order valence-corrected chi connectivity index (χ2v) is 25.2. The van der Waals surface area contributed by atoms with Crippen LogP contribution in [-0.4, -0.2) is 71.8 Å². The summed E-state index contributed by atoms with van der Waals surface area (Å²) in [5.74, 6) is -1.22. The Morgan fingerprint density at radius 3 is 1.05 bits per heavy atom. The van der Waals surface area contributed by atoms with Crippen LogP contribution in [0.25, 0.3) is 55.7 Å². The molecule has 0 fully saturated rings. The molecule has 0 saturated heterocycles. The molecule has 8 aromatic rings. The van der Waals surface area contributed by atoms with Gasteiger partial charge in [-0.2, -0.15) is 30.7 Å². The van der Waals surface area contributed by atoms with Crippen LogP contribution < -0.4 is 31.4 Å². The summed E-state index contributed by atoms with van der Waals surface area (Å²) < 4.78 is 20.8. The molecule has 2 aromatic carbocycles. The first-order chi connectivity index (χ1) is 44.2. The van der Waals surface area contributed by atoms with E-state index in [1.165, 1.54) is 146 Å². The number of rotatable bonds is 6. The van der Waals surface area contributed by atoms with E-state index in [1.807, 2.05) is 49.1 Å². The molecule has 91 heavy (non-hydrogen) atoms. The summed E-state index contributed by atoms with van der Waals surface area (Å²) >= 11 is 0. The zero-order valence-corrected chi connectivity index (χ0v) is 53.8. The molecule has 20 heterocycles. The van der Waals surface area contributed by atoms with Gasteiger partial charge >= 0.3 is 31.3 Å². The van der Waals surface area contributed by atoms with E-state index in [-0.39, 0.29) is 19.5 Å². The summed E-state index contributed by atoms with van der Waals surface area (Å²) in [5, 5.41) is 5.09. The van der Waals surface area contributed by atoms with Gasteiger partial charge in [0, 0.05) is 94.5 Å². The molecular weight excluding hydrogens is 1170 g/mol. The third kappa shape index (κ3) is 5.79. The van der Waals surface area contributed by atoms with Crippen molar-refractivity contribution in [1.82, 2.24) is 28.2 Å². The summed E-state index contributed by atoms with van der Waals surface area (Å²) in [7, 11) is 0. The minimum atomic E-state index is -0.611. The van der Waals surface area contributed by atoms with Crippen LogP contribution in [0.4, 0.5) is 0 Å². The molecule has 0 aliphatic carbocycles. The van der Waals surface area contributed by atoms with Crippen molar-refractivity contribution < 1.29 is 37.8 Å². The van der Waals surface area contributed by atoms with E-state index in [2.05, 4.69) is 268 Å². The Morgan fingerprint density at radius 2 is 0.714 bits per heavy atom. The zero-order chi connectivity index (χ0) is 59.5. The number of benzene rings is 2. The van der Waals surface area contributed by atoms with Gasteiger partial charge in [-0.05, 0) is 148 Å². The molecule has 0 bridgehead atoms. The predicted molar refractivity (Wildman–Crippen MR) is 354 cm³/mol. The van der Waals surface area contributed by atoms with E-state index in [9.17, 15) is 0 Å². The average Bonchev–Trinajstić information content (AvgIpc) is 1.54. The van der Waals surface area contributed by atoms with Crippen molar-refractivity contribution in [3.8, 4) is 0 Å². The van der Waals surface area contributed by atoms with E-state index in [4.69, 9.17) is 0 Å². The molecular formula is C78H54N12Zn+4. The number of allylic oxidation sites excluding steroid dienone is 14. The fourth-order valence-electron chi connectivity index (χ4n) is 17.5. The largest absolute Gasteiger partial charge is 2.00 e. The fraction of sp³-hybridized carbons (Fsp3) is 0.103. The minimum Gasteiger partial charge on any atom is -0.664 e. The normalized spacial score (nSPS) is 23.2. The van der Waals surface area contributed by atoms with E-state index >= 15 is 0 Å². The SMILES string of the molecule is CC1=C2C=CC3=[N+]2C24n5c1ccc5C(c1ccc(C(=C5C=CC=N5)c5ccc[n-]5)cc1)=C1C=CC(=[N+]12)C(C)=c1ccc(n14)=C3C.CC1=C2C=CC3=[N+]2C24n5c1ccc5C(c1ccc(C(=C5C=CC=N5)c5ccc[n-]5)cc1)=C1C=CC(=[N+]12)C(C)=c1ccc(n14)=C3C.[Zn+2]. The smallest absolute Gasteiger partial charge is 0.664 e. The van der Waals surface area contributed by atoms with Gasteiger partial charge in [-0.3, -0.25) is 9.98 Å². The molecule has 2 spiro atoms. The number of aliphatic imine (C=N–C) groups is 2. The molecule has 0 N–H and O–H groups in total. The van der Waals surface area contributed by atoms with Crippen molar-refractivity contribution in [2.24, 2.45) is 9.98 Å². The van der Waals surface area contributed by atoms with Gasteiger partial charge in [0.15, 0.2) is 0 Å². The van der Waals surface area contributed by atoms with Crippen LogP contribution in [0.5, 0.6) is 0 Å². The molecule has 12 nitrogen and oxygen atoms in total. The van der Waals surface area contributed by atoms with Crippen LogP contribution in [0.15, 0.2) is 251 Å². The van der Waals surface area contributed by atoms with E-state index < -0.39 is 11.8 Å². The zero-order valence-electron chi connectivity index (χ0n) is 50.9. The molecule has 424 valence electrons. The van der Waals surface area contributed by atoms with E-state index in [0.29, 0.717) is 0 Å². The van der Waals surface area contributed by atoms with Gasteiger partial charge in [-0.25, -0.2) is 0 Å². The Hall–Kier alpha value is -10.9. The van der Waals surface area contributed by atoms with Gasteiger partial charge in [-0.1, -0.05) is 91.1 Å². The molecule has 0 saturated carbocycles. The first kappa shape index (κ1) is 51.1. The van der Waals surface area contributed by atoms with Crippen LogP contribution in [-0.2, 0) is 31.3 Å². The number of aromatic nitrogens is 6. The van der Waals surface area contributed by atoms with Crippen molar-refractivity contribution in [3.63, 3.8) is 0 Å². The minimum absolute atomic E-state index is 0. The summed E-state index contributed by atoms with van der Waals surface area (Å²) in [6, 6.07) is 44.6. The first-order valence-electron chi connectivity index (χ1n) is 31.0. The Kier molecular flexibility index (Phi) is 9.70. The summed E-state index contributed by atoms with van der Waals surface area (Å²) in [6.45, 7) is 13.6. The maximum absolute atomic E-state index is 4.63. The average molecular weight is 1220 g/mol. The van der Waals surface area contributed by atoms with Crippen LogP contribution >= 0.6 is 0 Å². The van der Waals surface area contributed by atoms with E-state index in [0.717, 1.165) is 45.1 Å². The number of nitrogens with zero attached hydrogens (tertiary/aromatic N) is 12. The van der Waals surface area contributed by atoms with Gasteiger partial charge in [0.05, 0.1) is 66.7 Å². The molecule has 0 amide bonds. The summed E-state index contributed by atoms with van der Waals surface area (Å²) in [6.07, 6.45) is 34.0. The third-order valence-corrected chi connectivity index (χ3v) is 21.2. The topological polar surface area (TPSA) is 84.7 Å². The third-order valence-electron chi connectivity index (χ3n) is 21.2. The van der Waals surface area contributed by atoms with Crippen molar-refractivity contribution in [2.45, 2.75) is 53.4 Å². The molecule has 14 aliphatic rings. The standard InChI is InChI=1S/2C39H27N6.Zn/c2*1-22-29-12-14-31-23(2)33-16-18-35-38(26-10-8-25(9-11-26)37(27-6-4-20-40-27)28-7-5-21-41-28)36-19-17-34-24(3)32-15-13-30(22)43(32)39(42(29)31,44(33)35)45(34)36;/h2*4-21H,1-3H3;/q2*+1;+2.